The van der Waals surface area contributed by atoms with Gasteiger partial charge in [-0.3, -0.25) is 19.3 Å². The molecule has 0 radical (unpaired) electrons. The van der Waals surface area contributed by atoms with E-state index in [-0.39, 0.29) is 17.4 Å². The summed E-state index contributed by atoms with van der Waals surface area (Å²) >= 11 is 0.685. The molecule has 2 aliphatic heterocycles. The average Bonchev–Trinajstić information content (AvgIpc) is 3.07. The second-order valence-corrected chi connectivity index (χ2v) is 8.58. The number of imide groups is 1. The Morgan fingerprint density at radius 2 is 1.62 bits per heavy atom. The van der Waals surface area contributed by atoms with Crippen molar-refractivity contribution in [3.63, 3.8) is 0 Å². The van der Waals surface area contributed by atoms with E-state index in [0.29, 0.717) is 43.5 Å². The van der Waals surface area contributed by atoms with E-state index in [1.54, 1.807) is 4.90 Å². The molecule has 0 bridgehead atoms. The van der Waals surface area contributed by atoms with E-state index in [2.05, 4.69) is 9.64 Å². The van der Waals surface area contributed by atoms with Crippen molar-refractivity contribution in [3.05, 3.63) is 65.1 Å². The monoisotopic (exact) mass is 491 g/mol. The molecule has 0 unspecified atom stereocenters. The van der Waals surface area contributed by atoms with Gasteiger partial charge < -0.3 is 14.5 Å². The lowest BCUT2D eigenvalue weighted by atomic mass is 10.2. The highest BCUT2D eigenvalue weighted by molar-refractivity contribution is 8.18. The summed E-state index contributed by atoms with van der Waals surface area (Å²) in [5.41, 5.74) is 1.49. The van der Waals surface area contributed by atoms with Crippen LogP contribution in [-0.4, -0.2) is 65.9 Å². The van der Waals surface area contributed by atoms with Crippen molar-refractivity contribution in [1.29, 1.82) is 0 Å². The molecule has 0 aromatic heterocycles. The van der Waals surface area contributed by atoms with Crippen LogP contribution in [0.1, 0.15) is 5.56 Å². The number of alkyl halides is 3. The van der Waals surface area contributed by atoms with E-state index in [0.717, 1.165) is 22.7 Å². The Hall–Kier alpha value is -3.47. The fourth-order valence-electron chi connectivity index (χ4n) is 3.64. The first-order valence-electron chi connectivity index (χ1n) is 10.4. The highest BCUT2D eigenvalue weighted by atomic mass is 32.2. The number of nitrogens with zero attached hydrogens (tertiary/aromatic N) is 3. The largest absolute Gasteiger partial charge is 0.573 e. The number of piperazine rings is 1. The Morgan fingerprint density at radius 3 is 2.24 bits per heavy atom. The van der Waals surface area contributed by atoms with Crippen LogP contribution in [0.2, 0.25) is 0 Å². The molecule has 178 valence electrons. The summed E-state index contributed by atoms with van der Waals surface area (Å²) in [6, 6.07) is 14.7. The van der Waals surface area contributed by atoms with E-state index in [1.165, 1.54) is 18.2 Å². The van der Waals surface area contributed by atoms with Crippen molar-refractivity contribution in [2.24, 2.45) is 0 Å². The number of benzene rings is 2. The molecule has 0 spiro atoms. The van der Waals surface area contributed by atoms with Crippen LogP contribution in [0.5, 0.6) is 5.75 Å². The summed E-state index contributed by atoms with van der Waals surface area (Å²) < 4.78 is 40.7. The fraction of sp³-hybridized carbons (Fsp3) is 0.261. The maximum atomic E-state index is 12.7. The number of carbonyl (C=O) groups excluding carboxylic acids is 3. The number of para-hydroxylation sites is 1. The third-order valence-corrected chi connectivity index (χ3v) is 6.24. The minimum Gasteiger partial charge on any atom is -0.406 e. The zero-order valence-electron chi connectivity index (χ0n) is 17.8. The van der Waals surface area contributed by atoms with Crippen molar-refractivity contribution >= 4 is 40.6 Å². The summed E-state index contributed by atoms with van der Waals surface area (Å²) in [5, 5.41) is -0.565. The molecule has 2 aliphatic rings. The van der Waals surface area contributed by atoms with Crippen molar-refractivity contribution in [2.75, 3.05) is 37.6 Å². The zero-order valence-corrected chi connectivity index (χ0v) is 18.6. The first-order valence-corrected chi connectivity index (χ1v) is 11.2. The fourth-order valence-corrected chi connectivity index (χ4v) is 4.48. The second kappa shape index (κ2) is 9.80. The lowest BCUT2D eigenvalue weighted by molar-refractivity contribution is -0.274. The van der Waals surface area contributed by atoms with E-state index >= 15 is 0 Å². The summed E-state index contributed by atoms with van der Waals surface area (Å²) in [5.74, 6) is -1.32. The Labute approximate surface area is 197 Å². The molecular weight excluding hydrogens is 471 g/mol. The molecular formula is C23H20F3N3O4S. The van der Waals surface area contributed by atoms with Gasteiger partial charge in [0.1, 0.15) is 12.3 Å². The third kappa shape index (κ3) is 5.71. The van der Waals surface area contributed by atoms with Crippen molar-refractivity contribution < 1.29 is 32.3 Å². The molecule has 2 heterocycles. The molecule has 0 atom stereocenters. The summed E-state index contributed by atoms with van der Waals surface area (Å²) in [6.45, 7) is 1.89. The number of hydrogen-bond donors (Lipinski definition) is 0. The van der Waals surface area contributed by atoms with Gasteiger partial charge in [-0.2, -0.15) is 0 Å². The predicted molar refractivity (Wildman–Crippen MR) is 121 cm³/mol. The van der Waals surface area contributed by atoms with Crippen LogP contribution in [-0.2, 0) is 9.59 Å². The first kappa shape index (κ1) is 23.7. The van der Waals surface area contributed by atoms with Gasteiger partial charge in [-0.25, -0.2) is 0 Å². The van der Waals surface area contributed by atoms with Crippen molar-refractivity contribution in [2.45, 2.75) is 6.36 Å². The number of thioether (sulfide) groups is 1. The maximum absolute atomic E-state index is 12.7. The number of ether oxygens (including phenoxy) is 1. The normalized spacial score (nSPS) is 18.1. The second-order valence-electron chi connectivity index (χ2n) is 7.59. The van der Waals surface area contributed by atoms with Crippen LogP contribution in [0.15, 0.2) is 59.5 Å². The summed E-state index contributed by atoms with van der Waals surface area (Å²) in [4.78, 5) is 42.6. The third-order valence-electron chi connectivity index (χ3n) is 5.33. The van der Waals surface area contributed by atoms with Crippen LogP contribution in [0.4, 0.5) is 23.7 Å². The predicted octanol–water partition coefficient (Wildman–Crippen LogP) is 3.97. The van der Waals surface area contributed by atoms with Gasteiger partial charge in [-0.05, 0) is 47.7 Å². The lowest BCUT2D eigenvalue weighted by Crippen LogP contribution is -2.51. The Kier molecular flexibility index (Phi) is 6.82. The number of halogens is 3. The van der Waals surface area contributed by atoms with Gasteiger partial charge in [0.25, 0.3) is 11.1 Å². The molecule has 2 fully saturated rings. The van der Waals surface area contributed by atoms with E-state index in [9.17, 15) is 27.6 Å². The summed E-state index contributed by atoms with van der Waals surface area (Å²) in [6.07, 6.45) is -3.41. The quantitative estimate of drug-likeness (QED) is 0.590. The van der Waals surface area contributed by atoms with Gasteiger partial charge in [0, 0.05) is 31.9 Å². The lowest BCUT2D eigenvalue weighted by Gasteiger charge is -2.36. The molecule has 7 nitrogen and oxygen atoms in total. The van der Waals surface area contributed by atoms with Crippen LogP contribution < -0.4 is 9.64 Å². The van der Waals surface area contributed by atoms with E-state index in [1.807, 2.05) is 30.3 Å². The van der Waals surface area contributed by atoms with Crippen molar-refractivity contribution in [1.82, 2.24) is 9.80 Å². The van der Waals surface area contributed by atoms with E-state index < -0.39 is 23.3 Å². The molecule has 2 saturated heterocycles. The number of carbonyl (C=O) groups is 3. The highest BCUT2D eigenvalue weighted by Crippen LogP contribution is 2.33. The van der Waals surface area contributed by atoms with Gasteiger partial charge in [0.2, 0.25) is 5.91 Å². The number of anilines is 1. The molecule has 0 aliphatic carbocycles. The van der Waals surface area contributed by atoms with Gasteiger partial charge in [-0.1, -0.05) is 30.3 Å². The molecule has 2 aromatic rings. The highest BCUT2D eigenvalue weighted by Gasteiger charge is 2.37. The molecule has 0 saturated carbocycles. The Balaban J connectivity index is 1.34. The maximum Gasteiger partial charge on any atom is 0.573 e. The summed E-state index contributed by atoms with van der Waals surface area (Å²) in [7, 11) is 0. The van der Waals surface area contributed by atoms with Crippen LogP contribution in [0, 0.1) is 0 Å². The van der Waals surface area contributed by atoms with Gasteiger partial charge in [-0.15, -0.1) is 13.2 Å². The number of hydrogen-bond acceptors (Lipinski definition) is 6. The van der Waals surface area contributed by atoms with Crippen LogP contribution in [0.25, 0.3) is 6.08 Å². The van der Waals surface area contributed by atoms with E-state index in [4.69, 9.17) is 0 Å². The molecule has 4 rings (SSSR count). The molecule has 11 heteroatoms. The van der Waals surface area contributed by atoms with Gasteiger partial charge >= 0.3 is 6.36 Å². The smallest absolute Gasteiger partial charge is 0.406 e. The van der Waals surface area contributed by atoms with Gasteiger partial charge in [0.05, 0.1) is 4.91 Å². The standard InChI is InChI=1S/C23H20F3N3O4S/c24-23(25,26)33-18-8-6-16(7-9-18)14-19-21(31)29(22(32)34-19)15-20(30)28-12-10-27(11-13-28)17-4-2-1-3-5-17/h1-9,14H,10-13,15H2. The van der Waals surface area contributed by atoms with Crippen molar-refractivity contribution in [3.8, 4) is 5.75 Å². The topological polar surface area (TPSA) is 70.2 Å². The van der Waals surface area contributed by atoms with Crippen LogP contribution in [0.3, 0.4) is 0 Å². The minimum absolute atomic E-state index is 0.0937. The number of amides is 3. The minimum atomic E-state index is -4.80. The zero-order chi connectivity index (χ0) is 24.3. The SMILES string of the molecule is O=C(CN1C(=O)SC(=Cc2ccc(OC(F)(F)F)cc2)C1=O)N1CCN(c2ccccc2)CC1. The average molecular weight is 491 g/mol. The molecule has 34 heavy (non-hydrogen) atoms. The Morgan fingerprint density at radius 1 is 0.971 bits per heavy atom. The molecule has 0 N–H and O–H groups in total. The van der Waals surface area contributed by atoms with Gasteiger partial charge in [0.15, 0.2) is 0 Å². The Bertz CT molecular complexity index is 1100. The molecule has 3 amide bonds. The number of rotatable bonds is 5. The van der Waals surface area contributed by atoms with Crippen LogP contribution >= 0.6 is 11.8 Å². The first-order chi connectivity index (χ1) is 16.2. The molecule has 2 aromatic carbocycles.